The van der Waals surface area contributed by atoms with Crippen molar-refractivity contribution in [2.75, 3.05) is 19.6 Å². The maximum Gasteiger partial charge on any atom is 0.236 e. The maximum atomic E-state index is 13.6. The van der Waals surface area contributed by atoms with E-state index in [0.29, 0.717) is 24.2 Å². The summed E-state index contributed by atoms with van der Waals surface area (Å²) in [7, 11) is 0. The van der Waals surface area contributed by atoms with Crippen LogP contribution in [0.1, 0.15) is 42.4 Å². The predicted octanol–water partition coefficient (Wildman–Crippen LogP) is 2.93. The van der Waals surface area contributed by atoms with E-state index < -0.39 is 0 Å². The smallest absolute Gasteiger partial charge is 0.236 e. The molecule has 0 radical (unpaired) electrons. The van der Waals surface area contributed by atoms with Gasteiger partial charge in [-0.05, 0) is 43.4 Å². The largest absolute Gasteiger partial charge is 0.342 e. The molecule has 1 aliphatic rings. The Balaban J connectivity index is 1.82. The number of nitrogens with zero attached hydrogens (tertiary/aromatic N) is 1. The van der Waals surface area contributed by atoms with Crippen LogP contribution in [0, 0.1) is 19.7 Å². The summed E-state index contributed by atoms with van der Waals surface area (Å²) in [6, 6.07) is 3.68. The number of hydrogen-bond acceptors (Lipinski definition) is 2. The highest BCUT2D eigenvalue weighted by atomic mass is 19.1. The van der Waals surface area contributed by atoms with Crippen LogP contribution < -0.4 is 5.32 Å². The number of hydrogen-bond donors (Lipinski definition) is 1. The van der Waals surface area contributed by atoms with E-state index >= 15 is 0 Å². The van der Waals surface area contributed by atoms with Crippen LogP contribution >= 0.6 is 0 Å². The van der Waals surface area contributed by atoms with Gasteiger partial charge in [-0.3, -0.25) is 4.79 Å². The molecule has 1 amide bonds. The van der Waals surface area contributed by atoms with Gasteiger partial charge in [0.15, 0.2) is 0 Å². The minimum absolute atomic E-state index is 0.139. The summed E-state index contributed by atoms with van der Waals surface area (Å²) < 4.78 is 13.6. The molecule has 3 nitrogen and oxygen atoms in total. The summed E-state index contributed by atoms with van der Waals surface area (Å²) in [4.78, 5) is 14.1. The Morgan fingerprint density at radius 1 is 1.14 bits per heavy atom. The lowest BCUT2D eigenvalue weighted by Gasteiger charge is -2.20. The third-order valence-corrected chi connectivity index (χ3v) is 4.06. The third kappa shape index (κ3) is 4.53. The number of benzene rings is 1. The molecule has 1 heterocycles. The lowest BCUT2D eigenvalue weighted by atomic mass is 10.1. The van der Waals surface area contributed by atoms with Crippen molar-refractivity contribution in [1.82, 2.24) is 10.2 Å². The van der Waals surface area contributed by atoms with Crippen molar-refractivity contribution in [3.63, 3.8) is 0 Å². The molecule has 0 atom stereocenters. The van der Waals surface area contributed by atoms with Crippen molar-refractivity contribution in [2.24, 2.45) is 0 Å². The summed E-state index contributed by atoms with van der Waals surface area (Å²) in [6.45, 7) is 6.27. The quantitative estimate of drug-likeness (QED) is 0.925. The molecule has 0 saturated carbocycles. The van der Waals surface area contributed by atoms with E-state index in [1.807, 2.05) is 17.0 Å². The SMILES string of the molecule is Cc1cc(CNCC(=O)N2CCCCCC2)cc(C)c1F. The Kier molecular flexibility index (Phi) is 5.74. The fourth-order valence-corrected chi connectivity index (χ4v) is 2.88. The first kappa shape index (κ1) is 16.0. The lowest BCUT2D eigenvalue weighted by Crippen LogP contribution is -2.38. The van der Waals surface area contributed by atoms with E-state index in [9.17, 15) is 9.18 Å². The summed E-state index contributed by atoms with van der Waals surface area (Å²) in [5.74, 6) is 0.0341. The molecule has 1 saturated heterocycles. The first-order valence-corrected chi connectivity index (χ1v) is 7.82. The van der Waals surface area contributed by atoms with Gasteiger partial charge in [0, 0.05) is 19.6 Å². The van der Waals surface area contributed by atoms with Crippen LogP contribution in [0.15, 0.2) is 12.1 Å². The Morgan fingerprint density at radius 2 is 1.71 bits per heavy atom. The monoisotopic (exact) mass is 292 g/mol. The summed E-state index contributed by atoms with van der Waals surface area (Å²) in [6.07, 6.45) is 4.68. The molecule has 0 bridgehead atoms. The standard InChI is InChI=1S/C17H25FN2O/c1-13-9-15(10-14(2)17(13)18)11-19-12-16(21)20-7-5-3-4-6-8-20/h9-10,19H,3-8,11-12H2,1-2H3. The second-order valence-electron chi connectivity index (χ2n) is 5.94. The lowest BCUT2D eigenvalue weighted by molar-refractivity contribution is -0.130. The number of carbonyl (C=O) groups excluding carboxylic acids is 1. The molecule has 1 aromatic rings. The third-order valence-electron chi connectivity index (χ3n) is 4.06. The number of aryl methyl sites for hydroxylation is 2. The molecule has 116 valence electrons. The van der Waals surface area contributed by atoms with Crippen LogP contribution in [-0.2, 0) is 11.3 Å². The number of likely N-dealkylation sites (tertiary alicyclic amines) is 1. The minimum atomic E-state index is -0.139. The number of carbonyl (C=O) groups is 1. The molecular weight excluding hydrogens is 267 g/mol. The van der Waals surface area contributed by atoms with Gasteiger partial charge in [0.2, 0.25) is 5.91 Å². The molecule has 4 heteroatoms. The molecule has 2 rings (SSSR count). The van der Waals surface area contributed by atoms with Crippen LogP contribution in [-0.4, -0.2) is 30.4 Å². The number of amides is 1. The van der Waals surface area contributed by atoms with E-state index in [0.717, 1.165) is 31.5 Å². The predicted molar refractivity (Wildman–Crippen MR) is 82.6 cm³/mol. The molecule has 1 fully saturated rings. The Hall–Kier alpha value is -1.42. The van der Waals surface area contributed by atoms with Crippen LogP contribution in [0.2, 0.25) is 0 Å². The summed E-state index contributed by atoms with van der Waals surface area (Å²) >= 11 is 0. The molecule has 1 N–H and O–H groups in total. The minimum Gasteiger partial charge on any atom is -0.342 e. The molecule has 1 aliphatic heterocycles. The van der Waals surface area contributed by atoms with Gasteiger partial charge in [0.25, 0.3) is 0 Å². The molecule has 0 spiro atoms. The van der Waals surface area contributed by atoms with E-state index in [2.05, 4.69) is 5.32 Å². The van der Waals surface area contributed by atoms with Crippen LogP contribution in [0.3, 0.4) is 0 Å². The molecular formula is C17H25FN2O. The molecule has 0 aliphatic carbocycles. The maximum absolute atomic E-state index is 13.6. The van der Waals surface area contributed by atoms with Gasteiger partial charge < -0.3 is 10.2 Å². The van der Waals surface area contributed by atoms with Crippen LogP contribution in [0.25, 0.3) is 0 Å². The average Bonchev–Trinajstić information content (AvgIpc) is 2.73. The van der Waals surface area contributed by atoms with Crippen LogP contribution in [0.4, 0.5) is 4.39 Å². The van der Waals surface area contributed by atoms with Crippen molar-refractivity contribution in [2.45, 2.75) is 46.1 Å². The Bertz CT molecular complexity index is 471. The fraction of sp³-hybridized carbons (Fsp3) is 0.588. The zero-order valence-electron chi connectivity index (χ0n) is 13.0. The number of rotatable bonds is 4. The highest BCUT2D eigenvalue weighted by Gasteiger charge is 2.14. The first-order valence-electron chi connectivity index (χ1n) is 7.82. The van der Waals surface area contributed by atoms with E-state index in [-0.39, 0.29) is 11.7 Å². The van der Waals surface area contributed by atoms with E-state index in [1.165, 1.54) is 12.8 Å². The highest BCUT2D eigenvalue weighted by molar-refractivity contribution is 5.78. The first-order chi connectivity index (χ1) is 10.1. The summed E-state index contributed by atoms with van der Waals surface area (Å²) in [5, 5.41) is 3.18. The van der Waals surface area contributed by atoms with Crippen molar-refractivity contribution >= 4 is 5.91 Å². The summed E-state index contributed by atoms with van der Waals surface area (Å²) in [5.41, 5.74) is 2.34. The zero-order valence-corrected chi connectivity index (χ0v) is 13.0. The molecule has 0 unspecified atom stereocenters. The Labute approximate surface area is 126 Å². The average molecular weight is 292 g/mol. The van der Waals surface area contributed by atoms with Gasteiger partial charge in [-0.2, -0.15) is 0 Å². The molecule has 21 heavy (non-hydrogen) atoms. The van der Waals surface area contributed by atoms with E-state index in [4.69, 9.17) is 0 Å². The van der Waals surface area contributed by atoms with Crippen molar-refractivity contribution in [3.05, 3.63) is 34.6 Å². The van der Waals surface area contributed by atoms with Crippen LogP contribution in [0.5, 0.6) is 0 Å². The van der Waals surface area contributed by atoms with Crippen molar-refractivity contribution < 1.29 is 9.18 Å². The van der Waals surface area contributed by atoms with Gasteiger partial charge in [-0.1, -0.05) is 25.0 Å². The Morgan fingerprint density at radius 3 is 2.29 bits per heavy atom. The number of nitrogens with one attached hydrogen (secondary N) is 1. The van der Waals surface area contributed by atoms with E-state index in [1.54, 1.807) is 13.8 Å². The molecule has 0 aromatic heterocycles. The zero-order chi connectivity index (χ0) is 15.2. The number of halogens is 1. The van der Waals surface area contributed by atoms with Crippen molar-refractivity contribution in [3.8, 4) is 0 Å². The highest BCUT2D eigenvalue weighted by Crippen LogP contribution is 2.14. The molecule has 1 aromatic carbocycles. The van der Waals surface area contributed by atoms with Gasteiger partial charge in [0.05, 0.1) is 6.54 Å². The van der Waals surface area contributed by atoms with Gasteiger partial charge in [-0.15, -0.1) is 0 Å². The second-order valence-corrected chi connectivity index (χ2v) is 5.94. The normalized spacial score (nSPS) is 15.9. The van der Waals surface area contributed by atoms with Gasteiger partial charge >= 0.3 is 0 Å². The second kappa shape index (κ2) is 7.55. The van der Waals surface area contributed by atoms with Gasteiger partial charge in [0.1, 0.15) is 5.82 Å². The fourth-order valence-electron chi connectivity index (χ4n) is 2.88. The van der Waals surface area contributed by atoms with Crippen molar-refractivity contribution in [1.29, 1.82) is 0 Å². The van der Waals surface area contributed by atoms with Gasteiger partial charge in [-0.25, -0.2) is 4.39 Å². The topological polar surface area (TPSA) is 32.3 Å².